The van der Waals surface area contributed by atoms with E-state index in [1.165, 1.54) is 0 Å². The highest BCUT2D eigenvalue weighted by atomic mass is 16.5. The van der Waals surface area contributed by atoms with Crippen molar-refractivity contribution in [2.75, 3.05) is 13.2 Å². The van der Waals surface area contributed by atoms with Gasteiger partial charge in [0.05, 0.1) is 24.3 Å². The first-order valence-corrected chi connectivity index (χ1v) is 8.24. The third-order valence-electron chi connectivity index (χ3n) is 3.38. The van der Waals surface area contributed by atoms with E-state index in [0.717, 1.165) is 38.5 Å². The van der Waals surface area contributed by atoms with Gasteiger partial charge < -0.3 is 9.47 Å². The van der Waals surface area contributed by atoms with E-state index in [2.05, 4.69) is 13.5 Å². The molecule has 0 spiro atoms. The van der Waals surface area contributed by atoms with Crippen LogP contribution in [0.25, 0.3) is 0 Å². The fraction of sp³-hybridized carbons (Fsp3) is 0.474. The lowest BCUT2D eigenvalue weighted by Gasteiger charge is -2.09. The molecule has 0 saturated heterocycles. The number of ether oxygens (including phenoxy) is 2. The molecule has 126 valence electrons. The zero-order valence-corrected chi connectivity index (χ0v) is 13.9. The molecule has 0 fully saturated rings. The van der Waals surface area contributed by atoms with Crippen LogP contribution in [-0.4, -0.2) is 25.2 Å². The molecule has 0 amide bonds. The number of carbonyl (C=O) groups excluding carboxylic acids is 2. The van der Waals surface area contributed by atoms with Crippen molar-refractivity contribution in [1.82, 2.24) is 0 Å². The minimum atomic E-state index is -0.493. The van der Waals surface area contributed by atoms with E-state index in [-0.39, 0.29) is 11.1 Å². The van der Waals surface area contributed by atoms with Crippen molar-refractivity contribution < 1.29 is 19.1 Å². The first-order valence-electron chi connectivity index (χ1n) is 8.24. The Morgan fingerprint density at radius 3 is 2.04 bits per heavy atom. The zero-order valence-electron chi connectivity index (χ0n) is 13.9. The van der Waals surface area contributed by atoms with Crippen molar-refractivity contribution in [2.45, 2.75) is 45.4 Å². The van der Waals surface area contributed by atoms with Gasteiger partial charge in [-0.05, 0) is 31.4 Å². The highest BCUT2D eigenvalue weighted by Gasteiger charge is 2.18. The molecule has 1 rings (SSSR count). The molecule has 0 saturated carbocycles. The van der Waals surface area contributed by atoms with E-state index >= 15 is 0 Å². The van der Waals surface area contributed by atoms with Crippen molar-refractivity contribution in [1.29, 1.82) is 0 Å². The maximum absolute atomic E-state index is 12.1. The molecule has 0 aliphatic carbocycles. The first-order chi connectivity index (χ1) is 11.2. The zero-order chi connectivity index (χ0) is 16.9. The second-order valence-corrected chi connectivity index (χ2v) is 5.31. The maximum Gasteiger partial charge on any atom is 0.339 e. The SMILES string of the molecule is C=CCCCOC(=O)c1ccccc1C(=O)OCCCCCC. The number of benzene rings is 1. The van der Waals surface area contributed by atoms with E-state index < -0.39 is 11.9 Å². The minimum Gasteiger partial charge on any atom is -0.462 e. The molecule has 0 N–H and O–H groups in total. The largest absolute Gasteiger partial charge is 0.462 e. The van der Waals surface area contributed by atoms with Gasteiger partial charge >= 0.3 is 11.9 Å². The summed E-state index contributed by atoms with van der Waals surface area (Å²) >= 11 is 0. The fourth-order valence-electron chi connectivity index (χ4n) is 2.08. The van der Waals surface area contributed by atoms with Gasteiger partial charge in [0.2, 0.25) is 0 Å². The average molecular weight is 318 g/mol. The summed E-state index contributed by atoms with van der Waals surface area (Å²) in [7, 11) is 0. The standard InChI is InChI=1S/C19H26O4/c1-3-5-7-11-15-23-19(21)17-13-9-8-12-16(17)18(20)22-14-10-6-4-2/h4,8-9,12-13H,2-3,5-7,10-11,14-15H2,1H3. The predicted octanol–water partition coefficient (Wildman–Crippen LogP) is 4.55. The third kappa shape index (κ3) is 7.13. The first kappa shape index (κ1) is 18.9. The van der Waals surface area contributed by atoms with E-state index in [4.69, 9.17) is 9.47 Å². The number of rotatable bonds is 11. The molecule has 4 nitrogen and oxygen atoms in total. The Hall–Kier alpha value is -2.10. The molecule has 0 radical (unpaired) electrons. The van der Waals surface area contributed by atoms with Crippen molar-refractivity contribution in [2.24, 2.45) is 0 Å². The minimum absolute atomic E-state index is 0.254. The highest BCUT2D eigenvalue weighted by molar-refractivity contribution is 6.03. The Bertz CT molecular complexity index is 508. The summed E-state index contributed by atoms with van der Waals surface area (Å²) in [5.74, 6) is -0.965. The summed E-state index contributed by atoms with van der Waals surface area (Å²) in [5.41, 5.74) is 0.515. The van der Waals surface area contributed by atoms with Crippen LogP contribution in [0.15, 0.2) is 36.9 Å². The van der Waals surface area contributed by atoms with Crippen molar-refractivity contribution >= 4 is 11.9 Å². The maximum atomic E-state index is 12.1. The van der Waals surface area contributed by atoms with Crippen LogP contribution in [0.2, 0.25) is 0 Å². The lowest BCUT2D eigenvalue weighted by atomic mass is 10.1. The van der Waals surface area contributed by atoms with Crippen molar-refractivity contribution in [3.05, 3.63) is 48.0 Å². The summed E-state index contributed by atoms with van der Waals surface area (Å²) < 4.78 is 10.4. The fourth-order valence-corrected chi connectivity index (χ4v) is 2.08. The molecule has 0 aliphatic heterocycles. The number of hydrogen-bond donors (Lipinski definition) is 0. The Balaban J connectivity index is 2.56. The summed E-state index contributed by atoms with van der Waals surface area (Å²) in [4.78, 5) is 24.2. The predicted molar refractivity (Wildman–Crippen MR) is 90.6 cm³/mol. The highest BCUT2D eigenvalue weighted by Crippen LogP contribution is 2.13. The van der Waals surface area contributed by atoms with Crippen molar-refractivity contribution in [3.63, 3.8) is 0 Å². The Morgan fingerprint density at radius 1 is 0.957 bits per heavy atom. The molecule has 4 heteroatoms. The van der Waals surface area contributed by atoms with Gasteiger partial charge in [-0.2, -0.15) is 0 Å². The molecule has 23 heavy (non-hydrogen) atoms. The van der Waals surface area contributed by atoms with Crippen LogP contribution in [0.4, 0.5) is 0 Å². The van der Waals surface area contributed by atoms with Crippen LogP contribution < -0.4 is 0 Å². The van der Waals surface area contributed by atoms with Gasteiger partial charge in [-0.25, -0.2) is 9.59 Å². The number of unbranched alkanes of at least 4 members (excludes halogenated alkanes) is 4. The third-order valence-corrected chi connectivity index (χ3v) is 3.38. The normalized spacial score (nSPS) is 10.1. The molecule has 0 bridgehead atoms. The monoisotopic (exact) mass is 318 g/mol. The van der Waals surface area contributed by atoms with Gasteiger partial charge in [-0.15, -0.1) is 6.58 Å². The Kier molecular flexibility index (Phi) is 9.45. The lowest BCUT2D eigenvalue weighted by molar-refractivity contribution is 0.0452. The average Bonchev–Trinajstić information content (AvgIpc) is 2.58. The van der Waals surface area contributed by atoms with Crippen LogP contribution in [0.1, 0.15) is 66.2 Å². The molecule has 0 aliphatic rings. The quantitative estimate of drug-likeness (QED) is 0.341. The molecule has 1 aromatic rings. The molecule has 0 heterocycles. The summed E-state index contributed by atoms with van der Waals surface area (Å²) in [5, 5.41) is 0. The van der Waals surface area contributed by atoms with Gasteiger partial charge in [0.1, 0.15) is 0 Å². The van der Waals surface area contributed by atoms with Gasteiger partial charge in [0.25, 0.3) is 0 Å². The van der Waals surface area contributed by atoms with E-state index in [1.54, 1.807) is 30.3 Å². The van der Waals surface area contributed by atoms with Crippen LogP contribution in [0, 0.1) is 0 Å². The number of carbonyl (C=O) groups is 2. The number of esters is 2. The Morgan fingerprint density at radius 2 is 1.52 bits per heavy atom. The summed E-state index contributed by atoms with van der Waals surface area (Å²) in [6.45, 7) is 6.43. The summed E-state index contributed by atoms with van der Waals surface area (Å²) in [6, 6.07) is 6.60. The molecular weight excluding hydrogens is 292 g/mol. The molecule has 0 aromatic heterocycles. The molecule has 0 atom stereocenters. The second kappa shape index (κ2) is 11.5. The van der Waals surface area contributed by atoms with Gasteiger partial charge in [0.15, 0.2) is 0 Å². The topological polar surface area (TPSA) is 52.6 Å². The van der Waals surface area contributed by atoms with E-state index in [1.807, 2.05) is 0 Å². The molecular formula is C19H26O4. The van der Waals surface area contributed by atoms with Crippen LogP contribution >= 0.6 is 0 Å². The van der Waals surface area contributed by atoms with Crippen molar-refractivity contribution in [3.8, 4) is 0 Å². The second-order valence-electron chi connectivity index (χ2n) is 5.31. The molecule has 1 aromatic carbocycles. The smallest absolute Gasteiger partial charge is 0.339 e. The van der Waals surface area contributed by atoms with Crippen LogP contribution in [0.3, 0.4) is 0 Å². The summed E-state index contributed by atoms with van der Waals surface area (Å²) in [6.07, 6.45) is 7.43. The van der Waals surface area contributed by atoms with Crippen LogP contribution in [-0.2, 0) is 9.47 Å². The number of hydrogen-bond acceptors (Lipinski definition) is 4. The van der Waals surface area contributed by atoms with E-state index in [0.29, 0.717) is 13.2 Å². The number of allylic oxidation sites excluding steroid dienone is 1. The van der Waals surface area contributed by atoms with Gasteiger partial charge in [-0.1, -0.05) is 44.4 Å². The van der Waals surface area contributed by atoms with E-state index in [9.17, 15) is 9.59 Å². The molecule has 0 unspecified atom stereocenters. The van der Waals surface area contributed by atoms with Gasteiger partial charge in [-0.3, -0.25) is 0 Å². The lowest BCUT2D eigenvalue weighted by Crippen LogP contribution is -2.15. The Labute approximate surface area is 138 Å². The van der Waals surface area contributed by atoms with Crippen LogP contribution in [0.5, 0.6) is 0 Å². The van der Waals surface area contributed by atoms with Gasteiger partial charge in [0, 0.05) is 0 Å².